The molecule has 1 aliphatic heterocycles. The molecule has 0 spiro atoms. The first-order chi connectivity index (χ1) is 11.5. The van der Waals surface area contributed by atoms with Crippen LogP contribution in [0.25, 0.3) is 0 Å². The van der Waals surface area contributed by atoms with E-state index >= 15 is 0 Å². The first kappa shape index (κ1) is 16.6. The van der Waals surface area contributed by atoms with Gasteiger partial charge < -0.3 is 10.2 Å². The predicted molar refractivity (Wildman–Crippen MR) is 98.9 cm³/mol. The number of fused-ring (bicyclic) bond motifs is 1. The Labute approximate surface area is 146 Å². The first-order valence-electron chi connectivity index (χ1n) is 7.91. The van der Waals surface area contributed by atoms with Gasteiger partial charge in [0.05, 0.1) is 5.69 Å². The molecule has 0 saturated carbocycles. The topological polar surface area (TPSA) is 49.4 Å². The van der Waals surface area contributed by atoms with Crippen LogP contribution in [0.4, 0.5) is 11.4 Å². The Bertz CT molecular complexity index is 804. The summed E-state index contributed by atoms with van der Waals surface area (Å²) in [7, 11) is 0. The highest BCUT2D eigenvalue weighted by Crippen LogP contribution is 2.38. The molecule has 2 aromatic carbocycles. The quantitative estimate of drug-likeness (QED) is 0.895. The van der Waals surface area contributed by atoms with Gasteiger partial charge in [0.1, 0.15) is 0 Å². The lowest BCUT2D eigenvalue weighted by Crippen LogP contribution is -2.42. The smallest absolute Gasteiger partial charge is 0.258 e. The molecule has 2 aromatic rings. The first-order valence-corrected chi connectivity index (χ1v) is 8.90. The maximum Gasteiger partial charge on any atom is 0.258 e. The predicted octanol–water partition coefficient (Wildman–Crippen LogP) is 4.09. The maximum atomic E-state index is 13.2. The van der Waals surface area contributed by atoms with Gasteiger partial charge in [-0.15, -0.1) is 11.8 Å². The molecule has 2 amide bonds. The van der Waals surface area contributed by atoms with Crippen LogP contribution in [0.3, 0.4) is 0 Å². The highest BCUT2D eigenvalue weighted by Gasteiger charge is 2.30. The fourth-order valence-corrected chi connectivity index (χ4v) is 3.99. The van der Waals surface area contributed by atoms with Crippen molar-refractivity contribution in [1.82, 2.24) is 0 Å². The molecule has 24 heavy (non-hydrogen) atoms. The summed E-state index contributed by atoms with van der Waals surface area (Å²) >= 11 is 1.78. The number of carbonyl (C=O) groups is 2. The van der Waals surface area contributed by atoms with Crippen LogP contribution >= 0.6 is 11.8 Å². The Kier molecular flexibility index (Phi) is 4.62. The molecule has 0 bridgehead atoms. The molecule has 1 atom stereocenters. The number of anilines is 2. The second kappa shape index (κ2) is 6.69. The summed E-state index contributed by atoms with van der Waals surface area (Å²) in [5, 5.41) is 2.79. The summed E-state index contributed by atoms with van der Waals surface area (Å²) in [6.45, 7) is 5.40. The average Bonchev–Trinajstić information content (AvgIpc) is 2.56. The molecule has 4 nitrogen and oxygen atoms in total. The van der Waals surface area contributed by atoms with Crippen molar-refractivity contribution in [2.45, 2.75) is 31.7 Å². The normalized spacial score (nSPS) is 16.5. The van der Waals surface area contributed by atoms with Gasteiger partial charge in [-0.25, -0.2) is 0 Å². The van der Waals surface area contributed by atoms with Crippen molar-refractivity contribution in [3.8, 4) is 0 Å². The molecule has 5 heteroatoms. The van der Waals surface area contributed by atoms with Crippen LogP contribution in [-0.4, -0.2) is 23.6 Å². The molecule has 124 valence electrons. The third-order valence-corrected chi connectivity index (χ3v) is 5.44. The van der Waals surface area contributed by atoms with Crippen molar-refractivity contribution in [1.29, 1.82) is 0 Å². The maximum absolute atomic E-state index is 13.2. The average molecular weight is 340 g/mol. The van der Waals surface area contributed by atoms with Gasteiger partial charge >= 0.3 is 0 Å². The van der Waals surface area contributed by atoms with Crippen molar-refractivity contribution >= 4 is 35.0 Å². The van der Waals surface area contributed by atoms with E-state index < -0.39 is 0 Å². The van der Waals surface area contributed by atoms with E-state index in [1.54, 1.807) is 17.8 Å². The van der Waals surface area contributed by atoms with Crippen LogP contribution < -0.4 is 10.2 Å². The lowest BCUT2D eigenvalue weighted by Gasteiger charge is -2.35. The number of nitrogens with zero attached hydrogens (tertiary/aromatic N) is 1. The number of benzene rings is 2. The summed E-state index contributed by atoms with van der Waals surface area (Å²) in [5.41, 5.74) is 3.05. The van der Waals surface area contributed by atoms with Crippen LogP contribution in [0.1, 0.15) is 29.8 Å². The van der Waals surface area contributed by atoms with Crippen LogP contribution in [-0.2, 0) is 4.79 Å². The summed E-state index contributed by atoms with van der Waals surface area (Å²) in [4.78, 5) is 27.6. The minimum Gasteiger partial charge on any atom is -0.326 e. The lowest BCUT2D eigenvalue weighted by atomic mass is 10.0. The van der Waals surface area contributed by atoms with Gasteiger partial charge in [-0.05, 0) is 43.7 Å². The zero-order valence-corrected chi connectivity index (χ0v) is 14.8. The molecule has 0 aliphatic carbocycles. The van der Waals surface area contributed by atoms with Crippen molar-refractivity contribution < 1.29 is 9.59 Å². The van der Waals surface area contributed by atoms with E-state index in [1.165, 1.54) is 6.92 Å². The standard InChI is InChI=1S/C19H20N2O2S/c1-12-11-24-18-10-5-4-9-17(18)21(12)19(23)15-7-6-8-16(13(15)2)20-14(3)22/h4-10,12H,11H2,1-3H3,(H,20,22)/t12-/m0/s1. The summed E-state index contributed by atoms with van der Waals surface area (Å²) in [6, 6.07) is 13.5. The number of hydrogen-bond acceptors (Lipinski definition) is 3. The van der Waals surface area contributed by atoms with E-state index in [0.29, 0.717) is 11.3 Å². The molecule has 1 N–H and O–H groups in total. The molecule has 0 radical (unpaired) electrons. The van der Waals surface area contributed by atoms with Gasteiger partial charge in [0, 0.05) is 34.9 Å². The Morgan fingerprint density at radius 3 is 2.67 bits per heavy atom. The summed E-state index contributed by atoms with van der Waals surface area (Å²) < 4.78 is 0. The van der Waals surface area contributed by atoms with Crippen molar-refractivity contribution in [2.24, 2.45) is 0 Å². The van der Waals surface area contributed by atoms with Crippen LogP contribution in [0.15, 0.2) is 47.4 Å². The number of amides is 2. The van der Waals surface area contributed by atoms with Gasteiger partial charge in [-0.3, -0.25) is 9.59 Å². The van der Waals surface area contributed by atoms with E-state index in [1.807, 2.05) is 48.2 Å². The van der Waals surface area contributed by atoms with Crippen LogP contribution in [0.2, 0.25) is 0 Å². The van der Waals surface area contributed by atoms with Gasteiger partial charge in [0.2, 0.25) is 5.91 Å². The monoisotopic (exact) mass is 340 g/mol. The van der Waals surface area contributed by atoms with Crippen molar-refractivity contribution in [3.05, 3.63) is 53.6 Å². The van der Waals surface area contributed by atoms with Gasteiger partial charge in [-0.2, -0.15) is 0 Å². The number of nitrogens with one attached hydrogen (secondary N) is 1. The lowest BCUT2D eigenvalue weighted by molar-refractivity contribution is -0.114. The molecular formula is C19H20N2O2S. The Hall–Kier alpha value is -2.27. The van der Waals surface area contributed by atoms with Crippen LogP contribution in [0.5, 0.6) is 0 Å². The van der Waals surface area contributed by atoms with E-state index in [-0.39, 0.29) is 17.9 Å². The van der Waals surface area contributed by atoms with Crippen molar-refractivity contribution in [3.63, 3.8) is 0 Å². The highest BCUT2D eigenvalue weighted by atomic mass is 32.2. The molecular weight excluding hydrogens is 320 g/mol. The summed E-state index contributed by atoms with van der Waals surface area (Å²) in [5.74, 6) is 0.698. The van der Waals surface area contributed by atoms with Crippen molar-refractivity contribution in [2.75, 3.05) is 16.0 Å². The van der Waals surface area contributed by atoms with Crippen LogP contribution in [0, 0.1) is 6.92 Å². The van der Waals surface area contributed by atoms with Gasteiger partial charge in [0.15, 0.2) is 0 Å². The molecule has 0 unspecified atom stereocenters. The number of carbonyl (C=O) groups excluding carboxylic acids is 2. The molecule has 0 fully saturated rings. The van der Waals surface area contributed by atoms with E-state index in [2.05, 4.69) is 12.2 Å². The summed E-state index contributed by atoms with van der Waals surface area (Å²) in [6.07, 6.45) is 0. The second-order valence-corrected chi connectivity index (χ2v) is 7.02. The number of para-hydroxylation sites is 1. The molecule has 0 saturated heterocycles. The third-order valence-electron chi connectivity index (χ3n) is 4.14. The van der Waals surface area contributed by atoms with E-state index in [0.717, 1.165) is 21.9 Å². The SMILES string of the molecule is CC(=O)Nc1cccc(C(=O)N2c3ccccc3SC[C@@H]2C)c1C. The minimum absolute atomic E-state index is 0.0278. The Morgan fingerprint density at radius 2 is 1.92 bits per heavy atom. The number of rotatable bonds is 2. The largest absolute Gasteiger partial charge is 0.326 e. The molecule has 1 heterocycles. The minimum atomic E-state index is -0.143. The molecule has 0 aromatic heterocycles. The van der Waals surface area contributed by atoms with Gasteiger partial charge in [0.25, 0.3) is 5.91 Å². The van der Waals surface area contributed by atoms with Gasteiger partial charge in [-0.1, -0.05) is 18.2 Å². The number of thioether (sulfide) groups is 1. The Balaban J connectivity index is 2.02. The molecule has 3 rings (SSSR count). The molecule has 1 aliphatic rings. The third kappa shape index (κ3) is 3.04. The fourth-order valence-electron chi connectivity index (χ4n) is 2.93. The Morgan fingerprint density at radius 1 is 1.17 bits per heavy atom. The fraction of sp³-hybridized carbons (Fsp3) is 0.263. The van der Waals surface area contributed by atoms with E-state index in [9.17, 15) is 9.59 Å². The zero-order valence-electron chi connectivity index (χ0n) is 14.0. The number of hydrogen-bond donors (Lipinski definition) is 1. The highest BCUT2D eigenvalue weighted by molar-refractivity contribution is 7.99. The zero-order chi connectivity index (χ0) is 17.3. The second-order valence-electron chi connectivity index (χ2n) is 5.96. The van der Waals surface area contributed by atoms with E-state index in [4.69, 9.17) is 0 Å².